The number of hydrogen-bond donors (Lipinski definition) is 1. The van der Waals surface area contributed by atoms with E-state index in [1.807, 2.05) is 0 Å². The summed E-state index contributed by atoms with van der Waals surface area (Å²) in [6.45, 7) is 4.21. The summed E-state index contributed by atoms with van der Waals surface area (Å²) in [5, 5.41) is 9.59. The van der Waals surface area contributed by atoms with E-state index in [0.29, 0.717) is 11.8 Å². The Balaban J connectivity index is 2.06. The molecule has 0 aromatic heterocycles. The van der Waals surface area contributed by atoms with Gasteiger partial charge in [-0.1, -0.05) is 61.3 Å². The number of hydrogen-bond acceptors (Lipinski definition) is 2. The van der Waals surface area contributed by atoms with Crippen molar-refractivity contribution in [2.75, 3.05) is 13.1 Å². The van der Waals surface area contributed by atoms with Crippen molar-refractivity contribution in [2.24, 2.45) is 23.7 Å². The SMILES string of the molecule is C[C@@H]1CCCCCCCC(C2CN(P)CCC2C(=O)O)C1. The van der Waals surface area contributed by atoms with Crippen molar-refractivity contribution in [1.82, 2.24) is 4.67 Å². The van der Waals surface area contributed by atoms with Crippen molar-refractivity contribution >= 4 is 15.4 Å². The molecule has 1 aliphatic heterocycles. The third-order valence-corrected chi connectivity index (χ3v) is 6.06. The lowest BCUT2D eigenvalue weighted by atomic mass is 9.71. The minimum absolute atomic E-state index is 0.123. The molecule has 0 amide bonds. The van der Waals surface area contributed by atoms with Crippen molar-refractivity contribution in [3.8, 4) is 0 Å². The molecule has 21 heavy (non-hydrogen) atoms. The van der Waals surface area contributed by atoms with E-state index >= 15 is 0 Å². The van der Waals surface area contributed by atoms with E-state index in [0.717, 1.165) is 25.4 Å². The van der Waals surface area contributed by atoms with Gasteiger partial charge in [0.25, 0.3) is 0 Å². The molecule has 3 nitrogen and oxygen atoms in total. The number of piperidine rings is 1. The highest BCUT2D eigenvalue weighted by Gasteiger charge is 2.38. The molecular formula is C17H32NO2P. The molecule has 4 heteroatoms. The fourth-order valence-corrected chi connectivity index (χ4v) is 4.76. The van der Waals surface area contributed by atoms with Crippen LogP contribution in [0.25, 0.3) is 0 Å². The molecule has 2 fully saturated rings. The molecular weight excluding hydrogens is 281 g/mol. The summed E-state index contributed by atoms with van der Waals surface area (Å²) in [5.74, 6) is 1.00. The molecule has 1 aliphatic carbocycles. The van der Waals surface area contributed by atoms with Crippen LogP contribution in [-0.2, 0) is 4.79 Å². The number of carboxylic acids is 1. The lowest BCUT2D eigenvalue weighted by molar-refractivity contribution is -0.146. The monoisotopic (exact) mass is 313 g/mol. The van der Waals surface area contributed by atoms with E-state index in [2.05, 4.69) is 21.0 Å². The first kappa shape index (κ1) is 17.2. The van der Waals surface area contributed by atoms with Crippen molar-refractivity contribution in [2.45, 2.75) is 64.7 Å². The average molecular weight is 313 g/mol. The zero-order valence-corrected chi connectivity index (χ0v) is 14.6. The summed E-state index contributed by atoms with van der Waals surface area (Å²) in [6.07, 6.45) is 11.3. The number of rotatable bonds is 2. The Hall–Kier alpha value is -0.140. The molecule has 1 saturated carbocycles. The Morgan fingerprint density at radius 1 is 1.10 bits per heavy atom. The quantitative estimate of drug-likeness (QED) is 0.777. The van der Waals surface area contributed by atoms with Gasteiger partial charge in [-0.3, -0.25) is 9.46 Å². The molecule has 122 valence electrons. The Morgan fingerprint density at radius 3 is 2.48 bits per heavy atom. The number of aliphatic carboxylic acids is 1. The molecule has 0 bridgehead atoms. The van der Waals surface area contributed by atoms with Gasteiger partial charge in [0.1, 0.15) is 0 Å². The van der Waals surface area contributed by atoms with Crippen LogP contribution in [0, 0.1) is 23.7 Å². The lowest BCUT2D eigenvalue weighted by Gasteiger charge is -2.40. The van der Waals surface area contributed by atoms with Crippen LogP contribution in [0.15, 0.2) is 0 Å². The minimum Gasteiger partial charge on any atom is -0.481 e. The van der Waals surface area contributed by atoms with Gasteiger partial charge in [-0.15, -0.1) is 0 Å². The highest BCUT2D eigenvalue weighted by molar-refractivity contribution is 7.13. The zero-order chi connectivity index (χ0) is 15.2. The molecule has 2 aliphatic rings. The van der Waals surface area contributed by atoms with Gasteiger partial charge >= 0.3 is 5.97 Å². The van der Waals surface area contributed by atoms with E-state index in [1.165, 1.54) is 51.4 Å². The van der Waals surface area contributed by atoms with Crippen LogP contribution in [0.3, 0.4) is 0 Å². The molecule has 5 atom stereocenters. The molecule has 1 N–H and O–H groups in total. The van der Waals surface area contributed by atoms with Gasteiger partial charge in [-0.05, 0) is 30.6 Å². The summed E-state index contributed by atoms with van der Waals surface area (Å²) in [7, 11) is 2.79. The minimum atomic E-state index is -0.567. The Kier molecular flexibility index (Phi) is 6.95. The molecule has 2 rings (SSSR count). The van der Waals surface area contributed by atoms with Crippen LogP contribution < -0.4 is 0 Å². The third kappa shape index (κ3) is 5.21. The van der Waals surface area contributed by atoms with Crippen molar-refractivity contribution in [3.63, 3.8) is 0 Å². The Bertz CT molecular complexity index is 337. The topological polar surface area (TPSA) is 40.5 Å². The predicted octanol–water partition coefficient (Wildman–Crippen LogP) is 4.19. The molecule has 0 aromatic rings. The standard InChI is InChI=1S/C17H32NO2P/c1-13-7-5-3-2-4-6-8-14(11-13)16-12-18(21)10-9-15(16)17(19)20/h13-16H,2-12,21H2,1H3,(H,19,20)/t13-,14?,15?,16?/m1/s1. The smallest absolute Gasteiger partial charge is 0.306 e. The lowest BCUT2D eigenvalue weighted by Crippen LogP contribution is -2.43. The van der Waals surface area contributed by atoms with E-state index in [4.69, 9.17) is 0 Å². The second kappa shape index (κ2) is 8.48. The van der Waals surface area contributed by atoms with Gasteiger partial charge in [0, 0.05) is 13.1 Å². The zero-order valence-electron chi connectivity index (χ0n) is 13.5. The normalized spacial score (nSPS) is 37.0. The summed E-state index contributed by atoms with van der Waals surface area (Å²) in [6, 6.07) is 0. The van der Waals surface area contributed by atoms with Gasteiger partial charge in [0.2, 0.25) is 0 Å². The largest absolute Gasteiger partial charge is 0.481 e. The molecule has 1 saturated heterocycles. The van der Waals surface area contributed by atoms with E-state index in [1.54, 1.807) is 0 Å². The highest BCUT2D eigenvalue weighted by Crippen LogP contribution is 2.38. The number of carboxylic acid groups (broad SMARTS) is 1. The van der Waals surface area contributed by atoms with E-state index < -0.39 is 5.97 Å². The van der Waals surface area contributed by atoms with Crippen LogP contribution in [0.5, 0.6) is 0 Å². The second-order valence-electron chi connectivity index (χ2n) is 7.34. The van der Waals surface area contributed by atoms with Gasteiger partial charge in [0.15, 0.2) is 0 Å². The average Bonchev–Trinajstić information content (AvgIpc) is 2.45. The van der Waals surface area contributed by atoms with Crippen LogP contribution in [0.1, 0.15) is 64.7 Å². The molecule has 0 radical (unpaired) electrons. The Morgan fingerprint density at radius 2 is 1.76 bits per heavy atom. The maximum absolute atomic E-state index is 11.6. The third-order valence-electron chi connectivity index (χ3n) is 5.59. The first-order chi connectivity index (χ1) is 10.1. The van der Waals surface area contributed by atoms with E-state index in [-0.39, 0.29) is 5.92 Å². The van der Waals surface area contributed by atoms with Crippen LogP contribution >= 0.6 is 9.39 Å². The highest BCUT2D eigenvalue weighted by atomic mass is 31.0. The first-order valence-corrected chi connectivity index (χ1v) is 9.32. The molecule has 0 aromatic carbocycles. The van der Waals surface area contributed by atoms with Crippen molar-refractivity contribution < 1.29 is 9.90 Å². The van der Waals surface area contributed by atoms with E-state index in [9.17, 15) is 9.90 Å². The fourth-order valence-electron chi connectivity index (χ4n) is 4.36. The van der Waals surface area contributed by atoms with Gasteiger partial charge in [-0.2, -0.15) is 0 Å². The fraction of sp³-hybridized carbons (Fsp3) is 0.941. The first-order valence-electron chi connectivity index (χ1n) is 8.80. The number of carbonyl (C=O) groups is 1. The molecule has 4 unspecified atom stereocenters. The summed E-state index contributed by atoms with van der Waals surface area (Å²) < 4.78 is 2.26. The van der Waals surface area contributed by atoms with Gasteiger partial charge < -0.3 is 5.11 Å². The van der Waals surface area contributed by atoms with Crippen molar-refractivity contribution in [3.05, 3.63) is 0 Å². The second-order valence-corrected chi connectivity index (χ2v) is 8.07. The maximum Gasteiger partial charge on any atom is 0.306 e. The van der Waals surface area contributed by atoms with Gasteiger partial charge in [-0.25, -0.2) is 0 Å². The molecule has 0 spiro atoms. The van der Waals surface area contributed by atoms with Gasteiger partial charge in [0.05, 0.1) is 5.92 Å². The summed E-state index contributed by atoms with van der Waals surface area (Å²) >= 11 is 0. The van der Waals surface area contributed by atoms with Crippen LogP contribution in [-0.4, -0.2) is 28.8 Å². The predicted molar refractivity (Wildman–Crippen MR) is 90.1 cm³/mol. The summed E-state index contributed by atoms with van der Waals surface area (Å²) in [5.41, 5.74) is 0. The van der Waals surface area contributed by atoms with Crippen molar-refractivity contribution in [1.29, 1.82) is 0 Å². The Labute approximate surface area is 132 Å². The molecule has 1 heterocycles. The number of nitrogens with zero attached hydrogens (tertiary/aromatic N) is 1. The van der Waals surface area contributed by atoms with Crippen LogP contribution in [0.2, 0.25) is 0 Å². The summed E-state index contributed by atoms with van der Waals surface area (Å²) in [4.78, 5) is 11.6. The maximum atomic E-state index is 11.6. The van der Waals surface area contributed by atoms with Crippen LogP contribution in [0.4, 0.5) is 0 Å².